The monoisotopic (exact) mass is 599 g/mol. The molecule has 218 valence electrons. The molecule has 0 atom stereocenters. The Morgan fingerprint density at radius 1 is 0.930 bits per heavy atom. The molecule has 0 saturated heterocycles. The van der Waals surface area contributed by atoms with E-state index in [1.807, 2.05) is 30.3 Å². The molecular formula is C32H26FN3O6S. The Hall–Kier alpha value is -5.16. The number of carbonyl (C=O) groups excluding carboxylic acids is 1. The average Bonchev–Trinajstić information content (AvgIpc) is 3.61. The van der Waals surface area contributed by atoms with Gasteiger partial charge < -0.3 is 18.9 Å². The Bertz CT molecular complexity index is 2100. The van der Waals surface area contributed by atoms with Crippen molar-refractivity contribution in [3.05, 3.63) is 90.2 Å². The highest BCUT2D eigenvalue weighted by Gasteiger charge is 2.26. The Labute approximate surface area is 246 Å². The van der Waals surface area contributed by atoms with Gasteiger partial charge in [0.05, 0.1) is 24.6 Å². The lowest BCUT2D eigenvalue weighted by Gasteiger charge is -2.21. The first-order chi connectivity index (χ1) is 20.6. The molecular weight excluding hydrogens is 573 g/mol. The van der Waals surface area contributed by atoms with Crippen molar-refractivity contribution in [2.75, 3.05) is 31.8 Å². The molecule has 0 radical (unpaired) electrons. The number of hydrogen-bond acceptors (Lipinski definition) is 7. The molecule has 2 heterocycles. The zero-order valence-corrected chi connectivity index (χ0v) is 24.5. The zero-order valence-electron chi connectivity index (χ0n) is 23.6. The Morgan fingerprint density at radius 2 is 1.65 bits per heavy atom. The van der Waals surface area contributed by atoms with E-state index in [4.69, 9.17) is 13.6 Å². The summed E-state index contributed by atoms with van der Waals surface area (Å²) in [4.78, 5) is 17.8. The molecule has 11 heteroatoms. The van der Waals surface area contributed by atoms with Crippen LogP contribution in [0.4, 0.5) is 10.1 Å². The van der Waals surface area contributed by atoms with Gasteiger partial charge in [0.25, 0.3) is 5.91 Å². The first-order valence-electron chi connectivity index (χ1n) is 13.1. The molecule has 0 unspecified atom stereocenters. The molecule has 6 aromatic rings. The minimum absolute atomic E-state index is 0.220. The van der Waals surface area contributed by atoms with E-state index in [1.54, 1.807) is 24.3 Å². The van der Waals surface area contributed by atoms with E-state index in [-0.39, 0.29) is 16.9 Å². The molecule has 1 amide bonds. The molecule has 0 aliphatic rings. The first kappa shape index (κ1) is 28.0. The van der Waals surface area contributed by atoms with Gasteiger partial charge in [0.1, 0.15) is 28.4 Å². The van der Waals surface area contributed by atoms with Gasteiger partial charge in [-0.15, -0.1) is 0 Å². The number of sulfonamides is 1. The Balaban J connectivity index is 1.64. The van der Waals surface area contributed by atoms with Crippen molar-refractivity contribution in [1.82, 2.24) is 10.3 Å². The summed E-state index contributed by atoms with van der Waals surface area (Å²) in [6, 6.07) is 21.6. The summed E-state index contributed by atoms with van der Waals surface area (Å²) < 4.78 is 58.2. The van der Waals surface area contributed by atoms with E-state index in [0.717, 1.165) is 10.6 Å². The number of furan rings is 1. The standard InChI is InChI=1S/C32H26FN3O6S/c1-34-31(37)29-24-16-23(19-13-20(15-22(14-19)40-3)32-35-25-7-5-6-8-27(25)42-32)26(36(2)43(4,38)39)17-28(24)41-30(29)18-9-11-21(33)12-10-18/h5-17H,1-4H3,(H,34,37). The second-order valence-electron chi connectivity index (χ2n) is 9.93. The van der Waals surface area contributed by atoms with Crippen molar-refractivity contribution in [3.63, 3.8) is 0 Å². The van der Waals surface area contributed by atoms with Crippen LogP contribution in [0.2, 0.25) is 0 Å². The predicted octanol–water partition coefficient (Wildman–Crippen LogP) is 6.48. The van der Waals surface area contributed by atoms with Crippen molar-refractivity contribution >= 4 is 43.7 Å². The number of nitrogens with zero attached hydrogens (tertiary/aromatic N) is 2. The number of aromatic nitrogens is 1. The summed E-state index contributed by atoms with van der Waals surface area (Å²) in [5.41, 5.74) is 4.24. The number of ether oxygens (including phenoxy) is 1. The number of rotatable bonds is 7. The number of methoxy groups -OCH3 is 1. The lowest BCUT2D eigenvalue weighted by atomic mass is 9.97. The van der Waals surface area contributed by atoms with E-state index in [2.05, 4.69) is 10.3 Å². The fraction of sp³-hybridized carbons (Fsp3) is 0.125. The normalized spacial score (nSPS) is 11.7. The number of carbonyl (C=O) groups is 1. The number of nitrogens with one attached hydrogen (secondary N) is 1. The number of benzene rings is 4. The minimum atomic E-state index is -3.72. The van der Waals surface area contributed by atoms with E-state index in [9.17, 15) is 17.6 Å². The highest BCUT2D eigenvalue weighted by Crippen LogP contribution is 2.43. The third kappa shape index (κ3) is 5.08. The summed E-state index contributed by atoms with van der Waals surface area (Å²) in [5, 5.41) is 3.08. The van der Waals surface area contributed by atoms with Crippen molar-refractivity contribution in [3.8, 4) is 39.7 Å². The van der Waals surface area contributed by atoms with Crippen LogP contribution in [0.15, 0.2) is 87.7 Å². The number of para-hydroxylation sites is 2. The van der Waals surface area contributed by atoms with Gasteiger partial charge in [-0.2, -0.15) is 0 Å². The number of oxazole rings is 1. The fourth-order valence-electron chi connectivity index (χ4n) is 4.95. The topological polar surface area (TPSA) is 115 Å². The second kappa shape index (κ2) is 10.6. The van der Waals surface area contributed by atoms with E-state index < -0.39 is 21.7 Å². The van der Waals surface area contributed by atoms with Crippen LogP contribution < -0.4 is 14.4 Å². The van der Waals surface area contributed by atoms with Crippen LogP contribution in [0, 0.1) is 5.82 Å². The van der Waals surface area contributed by atoms with Crippen LogP contribution in [0.3, 0.4) is 0 Å². The summed E-state index contributed by atoms with van der Waals surface area (Å²) in [6.45, 7) is 0. The van der Waals surface area contributed by atoms with E-state index in [0.29, 0.717) is 56.1 Å². The van der Waals surface area contributed by atoms with E-state index >= 15 is 0 Å². The van der Waals surface area contributed by atoms with Crippen LogP contribution in [-0.2, 0) is 10.0 Å². The van der Waals surface area contributed by atoms with Crippen molar-refractivity contribution < 1.29 is 31.2 Å². The summed E-state index contributed by atoms with van der Waals surface area (Å²) in [7, 11) is 0.734. The molecule has 1 N–H and O–H groups in total. The van der Waals surface area contributed by atoms with Crippen LogP contribution in [-0.4, -0.2) is 46.8 Å². The average molecular weight is 600 g/mol. The molecule has 6 rings (SSSR count). The van der Waals surface area contributed by atoms with Gasteiger partial charge in [0.15, 0.2) is 5.58 Å². The Kier molecular flexibility index (Phi) is 6.89. The molecule has 43 heavy (non-hydrogen) atoms. The molecule has 0 spiro atoms. The number of halogens is 1. The molecule has 0 aliphatic heterocycles. The van der Waals surface area contributed by atoms with E-state index in [1.165, 1.54) is 45.5 Å². The zero-order chi connectivity index (χ0) is 30.5. The van der Waals surface area contributed by atoms with Crippen molar-refractivity contribution in [2.45, 2.75) is 0 Å². The molecule has 0 fully saturated rings. The number of fused-ring (bicyclic) bond motifs is 2. The maximum Gasteiger partial charge on any atom is 0.255 e. The van der Waals surface area contributed by atoms with Gasteiger partial charge in [0, 0.05) is 42.2 Å². The highest BCUT2D eigenvalue weighted by atomic mass is 32.2. The van der Waals surface area contributed by atoms with Crippen LogP contribution >= 0.6 is 0 Å². The lowest BCUT2D eigenvalue weighted by Crippen LogP contribution is -2.25. The molecule has 9 nitrogen and oxygen atoms in total. The second-order valence-corrected chi connectivity index (χ2v) is 11.9. The van der Waals surface area contributed by atoms with Gasteiger partial charge in [-0.05, 0) is 66.2 Å². The van der Waals surface area contributed by atoms with Gasteiger partial charge in [0.2, 0.25) is 15.9 Å². The molecule has 0 saturated carbocycles. The third-order valence-electron chi connectivity index (χ3n) is 7.20. The van der Waals surface area contributed by atoms with Gasteiger partial charge >= 0.3 is 0 Å². The molecule has 0 bridgehead atoms. The smallest absolute Gasteiger partial charge is 0.255 e. The van der Waals surface area contributed by atoms with Crippen LogP contribution in [0.5, 0.6) is 5.75 Å². The van der Waals surface area contributed by atoms with Crippen LogP contribution in [0.25, 0.3) is 56.0 Å². The van der Waals surface area contributed by atoms with Gasteiger partial charge in [-0.1, -0.05) is 12.1 Å². The fourth-order valence-corrected chi connectivity index (χ4v) is 5.46. The summed E-state index contributed by atoms with van der Waals surface area (Å²) in [6.07, 6.45) is 1.10. The highest BCUT2D eigenvalue weighted by molar-refractivity contribution is 7.92. The third-order valence-corrected chi connectivity index (χ3v) is 8.39. The summed E-state index contributed by atoms with van der Waals surface area (Å²) >= 11 is 0. The van der Waals surface area contributed by atoms with Gasteiger partial charge in [-0.25, -0.2) is 17.8 Å². The first-order valence-corrected chi connectivity index (χ1v) is 15.0. The molecule has 0 aliphatic carbocycles. The Morgan fingerprint density at radius 3 is 2.33 bits per heavy atom. The maximum absolute atomic E-state index is 13.7. The SMILES string of the molecule is CNC(=O)c1c(-c2ccc(F)cc2)oc2cc(N(C)S(C)(=O)=O)c(-c3cc(OC)cc(-c4nc5ccccc5o4)c3)cc12. The van der Waals surface area contributed by atoms with Gasteiger partial charge in [-0.3, -0.25) is 9.10 Å². The lowest BCUT2D eigenvalue weighted by molar-refractivity contribution is 0.0964. The largest absolute Gasteiger partial charge is 0.497 e. The van der Waals surface area contributed by atoms with Crippen molar-refractivity contribution in [2.24, 2.45) is 0 Å². The molecule has 4 aromatic carbocycles. The number of amides is 1. The minimum Gasteiger partial charge on any atom is -0.497 e. The van der Waals surface area contributed by atoms with Crippen molar-refractivity contribution in [1.29, 1.82) is 0 Å². The quantitative estimate of drug-likeness (QED) is 0.223. The molecule has 2 aromatic heterocycles. The maximum atomic E-state index is 13.7. The summed E-state index contributed by atoms with van der Waals surface area (Å²) in [5.74, 6) is 0.193. The van der Waals surface area contributed by atoms with Crippen LogP contribution in [0.1, 0.15) is 10.4 Å². The predicted molar refractivity (Wildman–Crippen MR) is 163 cm³/mol. The number of anilines is 1. The number of hydrogen-bond donors (Lipinski definition) is 1.